The fourth-order valence-corrected chi connectivity index (χ4v) is 6.02. The highest BCUT2D eigenvalue weighted by atomic mass is 32.3. The molecule has 1 unspecified atom stereocenters. The second-order valence-corrected chi connectivity index (χ2v) is 9.37. The van der Waals surface area contributed by atoms with Gasteiger partial charge >= 0.3 is 0 Å². The molecule has 0 fully saturated rings. The van der Waals surface area contributed by atoms with Crippen LogP contribution in [0.25, 0.3) is 0 Å². The summed E-state index contributed by atoms with van der Waals surface area (Å²) in [5.41, 5.74) is 0. The Morgan fingerprint density at radius 2 is 1.00 bits per heavy atom. The molecule has 3 nitrogen and oxygen atoms in total. The molecular weight excluding hydrogens is 344 g/mol. The first-order valence-corrected chi connectivity index (χ1v) is 13.0. The molecule has 4 heteroatoms. The molecule has 160 valence electrons. The van der Waals surface area contributed by atoms with E-state index in [1.807, 2.05) is 20.8 Å². The third-order valence-electron chi connectivity index (χ3n) is 4.74. The van der Waals surface area contributed by atoms with Crippen molar-refractivity contribution in [1.82, 2.24) is 0 Å². The highest BCUT2D eigenvalue weighted by Crippen LogP contribution is 2.53. The van der Waals surface area contributed by atoms with Crippen LogP contribution in [0.15, 0.2) is 0 Å². The Balaban J connectivity index is 4.22. The van der Waals surface area contributed by atoms with Gasteiger partial charge in [0.1, 0.15) is 0 Å². The van der Waals surface area contributed by atoms with Gasteiger partial charge in [-0.25, -0.2) is 0 Å². The average Bonchev–Trinajstić information content (AvgIpc) is 2.61. The van der Waals surface area contributed by atoms with Crippen molar-refractivity contribution in [2.24, 2.45) is 5.92 Å². The Hall–Kier alpha value is 0.230. The topological polar surface area (TPSA) is 27.7 Å². The minimum atomic E-state index is -1.83. The van der Waals surface area contributed by atoms with Crippen LogP contribution in [-0.4, -0.2) is 25.6 Å². The van der Waals surface area contributed by atoms with Gasteiger partial charge in [-0.15, -0.1) is 0 Å². The van der Waals surface area contributed by atoms with E-state index in [0.29, 0.717) is 25.7 Å². The van der Waals surface area contributed by atoms with E-state index >= 15 is 0 Å². The van der Waals surface area contributed by atoms with Gasteiger partial charge in [-0.3, -0.25) is 12.5 Å². The van der Waals surface area contributed by atoms with Gasteiger partial charge < -0.3 is 0 Å². The Morgan fingerprint density at radius 3 is 1.42 bits per heavy atom. The molecule has 0 amide bonds. The molecule has 0 aliphatic heterocycles. The van der Waals surface area contributed by atoms with Crippen LogP contribution < -0.4 is 0 Å². The Morgan fingerprint density at radius 1 is 0.538 bits per heavy atom. The lowest BCUT2D eigenvalue weighted by Crippen LogP contribution is -2.22. The van der Waals surface area contributed by atoms with Crippen molar-refractivity contribution < 1.29 is 12.5 Å². The Labute approximate surface area is 166 Å². The zero-order valence-corrected chi connectivity index (χ0v) is 19.3. The van der Waals surface area contributed by atoms with E-state index in [0.717, 1.165) is 5.75 Å². The maximum absolute atomic E-state index is 6.02. The summed E-state index contributed by atoms with van der Waals surface area (Å²) < 4.78 is 18.1. The molecule has 0 aliphatic rings. The molecule has 0 bridgehead atoms. The van der Waals surface area contributed by atoms with Crippen molar-refractivity contribution in [2.45, 2.75) is 112 Å². The van der Waals surface area contributed by atoms with Crippen molar-refractivity contribution >= 4 is 10.9 Å². The molecule has 0 rings (SSSR count). The van der Waals surface area contributed by atoms with E-state index in [2.05, 4.69) is 13.8 Å². The first-order chi connectivity index (χ1) is 12.7. The maximum Gasteiger partial charge on any atom is 0.0890 e. The summed E-state index contributed by atoms with van der Waals surface area (Å²) >= 11 is 0. The van der Waals surface area contributed by atoms with Crippen LogP contribution in [0.1, 0.15) is 112 Å². The molecule has 0 aromatic heterocycles. The molecule has 0 heterocycles. The second-order valence-electron chi connectivity index (χ2n) is 7.22. The molecule has 0 radical (unpaired) electrons. The highest BCUT2D eigenvalue weighted by molar-refractivity contribution is 8.21. The van der Waals surface area contributed by atoms with Crippen molar-refractivity contribution in [2.75, 3.05) is 25.6 Å². The van der Waals surface area contributed by atoms with Crippen LogP contribution in [0.2, 0.25) is 0 Å². The summed E-state index contributed by atoms with van der Waals surface area (Å²) in [5, 5.41) is 0. The van der Waals surface area contributed by atoms with Crippen LogP contribution in [0, 0.1) is 5.92 Å². The molecule has 26 heavy (non-hydrogen) atoms. The summed E-state index contributed by atoms with van der Waals surface area (Å²) in [7, 11) is -1.83. The standard InChI is InChI=1S/C22H48O3S/c1-6-11-12-13-14-15-16-17-18-20-22(19-7-2)21-26(23-8-3,24-9-4)25-10-5/h22H,6-21H2,1-5H3. The molecule has 0 aromatic carbocycles. The van der Waals surface area contributed by atoms with E-state index in [4.69, 9.17) is 12.5 Å². The maximum atomic E-state index is 6.02. The van der Waals surface area contributed by atoms with Gasteiger partial charge in [-0.05, 0) is 39.5 Å². The van der Waals surface area contributed by atoms with Gasteiger partial charge in [-0.1, -0.05) is 78.1 Å². The van der Waals surface area contributed by atoms with Crippen molar-refractivity contribution in [1.29, 1.82) is 0 Å². The molecule has 0 N–H and O–H groups in total. The predicted octanol–water partition coefficient (Wildman–Crippen LogP) is 7.98. The second kappa shape index (κ2) is 18.6. The minimum Gasteiger partial charge on any atom is -0.293 e. The molecule has 1 atom stereocenters. The van der Waals surface area contributed by atoms with Gasteiger partial charge in [-0.2, -0.15) is 0 Å². The Bertz CT molecular complexity index is 270. The van der Waals surface area contributed by atoms with Crippen LogP contribution >= 0.6 is 10.9 Å². The van der Waals surface area contributed by atoms with Crippen molar-refractivity contribution in [3.05, 3.63) is 0 Å². The van der Waals surface area contributed by atoms with E-state index in [-0.39, 0.29) is 0 Å². The first kappa shape index (κ1) is 26.2. The van der Waals surface area contributed by atoms with Gasteiger partial charge in [0, 0.05) is 5.75 Å². The van der Waals surface area contributed by atoms with Crippen LogP contribution in [0.3, 0.4) is 0 Å². The molecule has 0 aromatic rings. The van der Waals surface area contributed by atoms with Gasteiger partial charge in [0.15, 0.2) is 0 Å². The highest BCUT2D eigenvalue weighted by Gasteiger charge is 2.30. The normalized spacial score (nSPS) is 13.9. The smallest absolute Gasteiger partial charge is 0.0890 e. The third-order valence-corrected chi connectivity index (χ3v) is 7.41. The largest absolute Gasteiger partial charge is 0.293 e. The van der Waals surface area contributed by atoms with E-state index in [9.17, 15) is 0 Å². The number of hydrogen-bond donors (Lipinski definition) is 0. The van der Waals surface area contributed by atoms with Crippen LogP contribution in [-0.2, 0) is 12.5 Å². The molecule has 0 saturated carbocycles. The molecule has 0 aliphatic carbocycles. The first-order valence-electron chi connectivity index (χ1n) is 11.4. The van der Waals surface area contributed by atoms with E-state index < -0.39 is 10.9 Å². The fourth-order valence-electron chi connectivity index (χ4n) is 3.54. The summed E-state index contributed by atoms with van der Waals surface area (Å²) in [6.45, 7) is 12.7. The molecular formula is C22H48O3S. The predicted molar refractivity (Wildman–Crippen MR) is 118 cm³/mol. The zero-order chi connectivity index (χ0) is 19.5. The summed E-state index contributed by atoms with van der Waals surface area (Å²) in [6.07, 6.45) is 16.3. The van der Waals surface area contributed by atoms with Gasteiger partial charge in [0.25, 0.3) is 0 Å². The molecule has 0 spiro atoms. The minimum absolute atomic E-state index is 0.657. The van der Waals surface area contributed by atoms with Gasteiger partial charge in [0.05, 0.1) is 30.7 Å². The van der Waals surface area contributed by atoms with Crippen LogP contribution in [0.5, 0.6) is 0 Å². The number of unbranched alkanes of at least 4 members (excludes halogenated alkanes) is 8. The van der Waals surface area contributed by atoms with Crippen molar-refractivity contribution in [3.8, 4) is 0 Å². The Kier molecular flexibility index (Phi) is 18.8. The zero-order valence-electron chi connectivity index (χ0n) is 18.5. The third kappa shape index (κ3) is 13.4. The average molecular weight is 393 g/mol. The lowest BCUT2D eigenvalue weighted by atomic mass is 9.97. The van der Waals surface area contributed by atoms with E-state index in [1.54, 1.807) is 0 Å². The number of rotatable bonds is 20. The van der Waals surface area contributed by atoms with Crippen molar-refractivity contribution in [3.63, 3.8) is 0 Å². The summed E-state index contributed by atoms with van der Waals surface area (Å²) in [4.78, 5) is 0. The molecule has 0 saturated heterocycles. The fraction of sp³-hybridized carbons (Fsp3) is 1.00. The summed E-state index contributed by atoms with van der Waals surface area (Å²) in [5.74, 6) is 1.59. The number of hydrogen-bond acceptors (Lipinski definition) is 3. The van der Waals surface area contributed by atoms with Gasteiger partial charge in [0.2, 0.25) is 0 Å². The monoisotopic (exact) mass is 392 g/mol. The lowest BCUT2D eigenvalue weighted by Gasteiger charge is -2.39. The van der Waals surface area contributed by atoms with Crippen LogP contribution in [0.4, 0.5) is 0 Å². The summed E-state index contributed by atoms with van der Waals surface area (Å²) in [6, 6.07) is 0. The quantitative estimate of drug-likeness (QED) is 0.196. The lowest BCUT2D eigenvalue weighted by molar-refractivity contribution is 0.180. The SMILES string of the molecule is CCCCCCCCCCCC(CCC)CS(OCC)(OCC)OCC. The van der Waals surface area contributed by atoms with E-state index in [1.165, 1.54) is 77.0 Å².